The summed E-state index contributed by atoms with van der Waals surface area (Å²) in [5.41, 5.74) is 2.80. The Morgan fingerprint density at radius 1 is 1.30 bits per heavy atom. The summed E-state index contributed by atoms with van der Waals surface area (Å²) in [5, 5.41) is 10.2. The number of hydrogen-bond donors (Lipinski definition) is 1. The minimum Gasteiger partial charge on any atom is -0.389 e. The van der Waals surface area contributed by atoms with E-state index < -0.39 is 6.10 Å². The van der Waals surface area contributed by atoms with Gasteiger partial charge >= 0.3 is 0 Å². The van der Waals surface area contributed by atoms with Crippen LogP contribution in [0.1, 0.15) is 23.9 Å². The van der Waals surface area contributed by atoms with Gasteiger partial charge in [0, 0.05) is 38.6 Å². The molecular formula is C18H25N3O2. The molecule has 23 heavy (non-hydrogen) atoms. The third-order valence-electron chi connectivity index (χ3n) is 4.36. The highest BCUT2D eigenvalue weighted by Gasteiger charge is 2.18. The van der Waals surface area contributed by atoms with Crippen molar-refractivity contribution in [2.75, 3.05) is 19.7 Å². The van der Waals surface area contributed by atoms with Gasteiger partial charge in [0.2, 0.25) is 0 Å². The molecule has 5 heteroatoms. The fourth-order valence-electron chi connectivity index (χ4n) is 3.12. The molecule has 1 aliphatic rings. The molecule has 0 aliphatic carbocycles. The van der Waals surface area contributed by atoms with Gasteiger partial charge in [-0.3, -0.25) is 4.90 Å². The van der Waals surface area contributed by atoms with Gasteiger partial charge in [-0.1, -0.05) is 24.3 Å². The van der Waals surface area contributed by atoms with Crippen molar-refractivity contribution in [3.05, 3.63) is 53.6 Å². The van der Waals surface area contributed by atoms with Gasteiger partial charge in [0.25, 0.3) is 0 Å². The molecule has 1 unspecified atom stereocenters. The maximum Gasteiger partial charge on any atom is 0.134 e. The number of imidazole rings is 1. The van der Waals surface area contributed by atoms with E-state index in [-0.39, 0.29) is 0 Å². The van der Waals surface area contributed by atoms with Crippen molar-refractivity contribution < 1.29 is 9.84 Å². The molecule has 1 N–H and O–H groups in total. The van der Waals surface area contributed by atoms with Crippen LogP contribution in [0, 0.1) is 0 Å². The minimum absolute atomic E-state index is 0.342. The third kappa shape index (κ3) is 4.19. The lowest BCUT2D eigenvalue weighted by Crippen LogP contribution is -2.38. The topological polar surface area (TPSA) is 50.5 Å². The van der Waals surface area contributed by atoms with E-state index in [0.29, 0.717) is 19.8 Å². The van der Waals surface area contributed by atoms with Gasteiger partial charge in [-0.2, -0.15) is 0 Å². The van der Waals surface area contributed by atoms with Crippen LogP contribution in [0.25, 0.3) is 0 Å². The molecule has 2 heterocycles. The Bertz CT molecular complexity index is 626. The number of hydrogen-bond acceptors (Lipinski definition) is 4. The van der Waals surface area contributed by atoms with Crippen molar-refractivity contribution >= 4 is 0 Å². The fourth-order valence-corrected chi connectivity index (χ4v) is 3.12. The number of fused-ring (bicyclic) bond motifs is 1. The standard InChI is InChI=1S/C18H25N3O2/c1-2-21-10-8-19-18(21)14-23-13-17(22)12-20-9-7-15-5-3-4-6-16(15)11-20/h3-6,8,10,17,22H,2,7,9,11-14H2,1H3. The van der Waals surface area contributed by atoms with E-state index in [1.54, 1.807) is 6.20 Å². The second-order valence-corrected chi connectivity index (χ2v) is 6.05. The van der Waals surface area contributed by atoms with Crippen molar-refractivity contribution in [3.63, 3.8) is 0 Å². The molecule has 0 bridgehead atoms. The van der Waals surface area contributed by atoms with Crippen molar-refractivity contribution in [1.82, 2.24) is 14.5 Å². The summed E-state index contributed by atoms with van der Waals surface area (Å²) in [5.74, 6) is 0.909. The monoisotopic (exact) mass is 315 g/mol. The maximum absolute atomic E-state index is 10.2. The molecule has 1 aromatic carbocycles. The highest BCUT2D eigenvalue weighted by Crippen LogP contribution is 2.18. The highest BCUT2D eigenvalue weighted by molar-refractivity contribution is 5.29. The van der Waals surface area contributed by atoms with E-state index >= 15 is 0 Å². The largest absolute Gasteiger partial charge is 0.389 e. The van der Waals surface area contributed by atoms with E-state index in [0.717, 1.165) is 31.9 Å². The Balaban J connectivity index is 1.42. The van der Waals surface area contributed by atoms with Crippen LogP contribution >= 0.6 is 0 Å². The zero-order valence-electron chi connectivity index (χ0n) is 13.7. The Kier molecular flexibility index (Phi) is 5.43. The molecule has 0 spiro atoms. The molecule has 1 aromatic heterocycles. The lowest BCUT2D eigenvalue weighted by molar-refractivity contribution is 0.00514. The van der Waals surface area contributed by atoms with Crippen LogP contribution < -0.4 is 0 Å². The van der Waals surface area contributed by atoms with Gasteiger partial charge in [0.15, 0.2) is 0 Å². The van der Waals surface area contributed by atoms with Crippen LogP contribution in [-0.4, -0.2) is 45.4 Å². The molecule has 1 atom stereocenters. The number of ether oxygens (including phenoxy) is 1. The smallest absolute Gasteiger partial charge is 0.134 e. The first kappa shape index (κ1) is 16.2. The van der Waals surface area contributed by atoms with E-state index in [4.69, 9.17) is 4.74 Å². The molecule has 2 aromatic rings. The summed E-state index contributed by atoms with van der Waals surface area (Å²) in [6.07, 6.45) is 4.31. The van der Waals surface area contributed by atoms with Crippen LogP contribution in [0.2, 0.25) is 0 Å². The van der Waals surface area contributed by atoms with Gasteiger partial charge in [-0.15, -0.1) is 0 Å². The fraction of sp³-hybridized carbons (Fsp3) is 0.500. The number of aliphatic hydroxyl groups is 1. The van der Waals surface area contributed by atoms with Gasteiger partial charge in [0.05, 0.1) is 12.7 Å². The van der Waals surface area contributed by atoms with Crippen molar-refractivity contribution in [2.24, 2.45) is 0 Å². The molecule has 0 radical (unpaired) electrons. The van der Waals surface area contributed by atoms with Gasteiger partial charge < -0.3 is 14.4 Å². The normalized spacial score (nSPS) is 16.3. The summed E-state index contributed by atoms with van der Waals surface area (Å²) in [6, 6.07) is 8.55. The van der Waals surface area contributed by atoms with Crippen LogP contribution in [0.15, 0.2) is 36.7 Å². The first-order valence-corrected chi connectivity index (χ1v) is 8.31. The third-order valence-corrected chi connectivity index (χ3v) is 4.36. The van der Waals surface area contributed by atoms with E-state index in [2.05, 4.69) is 41.1 Å². The Labute approximate surface area is 137 Å². The number of rotatable bonds is 7. The van der Waals surface area contributed by atoms with Crippen LogP contribution in [0.3, 0.4) is 0 Å². The second kappa shape index (κ2) is 7.73. The van der Waals surface area contributed by atoms with E-state index in [1.807, 2.05) is 10.8 Å². The SMILES string of the molecule is CCn1ccnc1COCC(O)CN1CCc2ccccc2C1. The average Bonchev–Trinajstić information content (AvgIpc) is 3.02. The number of benzene rings is 1. The zero-order valence-corrected chi connectivity index (χ0v) is 13.7. The Hall–Kier alpha value is -1.69. The first-order chi connectivity index (χ1) is 11.3. The molecule has 0 saturated heterocycles. The molecule has 124 valence electrons. The molecular weight excluding hydrogens is 290 g/mol. The number of aromatic nitrogens is 2. The minimum atomic E-state index is -0.467. The Morgan fingerprint density at radius 3 is 2.96 bits per heavy atom. The number of β-amino-alcohol motifs (C(OH)–C–C–N with tert-alkyl or cyclic N) is 1. The maximum atomic E-state index is 10.2. The van der Waals surface area contributed by atoms with E-state index in [9.17, 15) is 5.11 Å². The van der Waals surface area contributed by atoms with Gasteiger partial charge in [0.1, 0.15) is 12.4 Å². The van der Waals surface area contributed by atoms with Gasteiger partial charge in [-0.05, 0) is 24.5 Å². The van der Waals surface area contributed by atoms with Crippen LogP contribution in [0.5, 0.6) is 0 Å². The Morgan fingerprint density at radius 2 is 2.13 bits per heavy atom. The van der Waals surface area contributed by atoms with Crippen molar-refractivity contribution in [3.8, 4) is 0 Å². The average molecular weight is 315 g/mol. The summed E-state index contributed by atoms with van der Waals surface area (Å²) < 4.78 is 7.68. The van der Waals surface area contributed by atoms with E-state index in [1.165, 1.54) is 11.1 Å². The van der Waals surface area contributed by atoms with Crippen LogP contribution in [-0.2, 0) is 30.9 Å². The molecule has 0 fully saturated rings. The summed E-state index contributed by atoms with van der Waals surface area (Å²) in [7, 11) is 0. The predicted octanol–water partition coefficient (Wildman–Crippen LogP) is 1.84. The quantitative estimate of drug-likeness (QED) is 0.847. The first-order valence-electron chi connectivity index (χ1n) is 8.31. The molecule has 3 rings (SSSR count). The molecule has 1 aliphatic heterocycles. The molecule has 0 saturated carbocycles. The lowest BCUT2D eigenvalue weighted by atomic mass is 10.00. The van der Waals surface area contributed by atoms with Crippen molar-refractivity contribution in [1.29, 1.82) is 0 Å². The summed E-state index contributed by atoms with van der Waals surface area (Å²) in [6.45, 7) is 6.30. The lowest BCUT2D eigenvalue weighted by Gasteiger charge is -2.30. The zero-order chi connectivity index (χ0) is 16.1. The molecule has 5 nitrogen and oxygen atoms in total. The summed E-state index contributed by atoms with van der Waals surface area (Å²) in [4.78, 5) is 6.57. The highest BCUT2D eigenvalue weighted by atomic mass is 16.5. The van der Waals surface area contributed by atoms with Gasteiger partial charge in [-0.25, -0.2) is 4.98 Å². The van der Waals surface area contributed by atoms with Crippen LogP contribution in [0.4, 0.5) is 0 Å². The number of nitrogens with zero attached hydrogens (tertiary/aromatic N) is 3. The molecule has 0 amide bonds. The predicted molar refractivity (Wildman–Crippen MR) is 89.0 cm³/mol. The number of aliphatic hydroxyl groups excluding tert-OH is 1. The number of aryl methyl sites for hydroxylation is 1. The second-order valence-electron chi connectivity index (χ2n) is 6.05. The summed E-state index contributed by atoms with van der Waals surface area (Å²) >= 11 is 0. The van der Waals surface area contributed by atoms with Crippen molar-refractivity contribution in [2.45, 2.75) is 39.1 Å².